The summed E-state index contributed by atoms with van der Waals surface area (Å²) in [6.07, 6.45) is 5.19. The molecule has 2 aromatic rings. The second kappa shape index (κ2) is 5.27. The first kappa shape index (κ1) is 15.9. The highest BCUT2D eigenvalue weighted by molar-refractivity contribution is 7.11. The summed E-state index contributed by atoms with van der Waals surface area (Å²) in [5, 5.41) is 9.84. The topological polar surface area (TPSA) is 71.6 Å². The van der Waals surface area contributed by atoms with Gasteiger partial charge in [0.05, 0.1) is 12.2 Å². The SMILES string of the molecule is CC1(C)Cc2nc(Cn3ccnc(C#N)c3=O)sc2C(C)(C)C1. The molecule has 0 saturated heterocycles. The lowest BCUT2D eigenvalue weighted by Crippen LogP contribution is -2.33. The maximum absolute atomic E-state index is 12.1. The van der Waals surface area contributed by atoms with Crippen molar-refractivity contribution in [1.29, 1.82) is 5.26 Å². The third-order valence-corrected chi connectivity index (χ3v) is 5.70. The number of aromatic nitrogens is 3. The van der Waals surface area contributed by atoms with Gasteiger partial charge in [0.15, 0.2) is 0 Å². The molecule has 2 aromatic heterocycles. The van der Waals surface area contributed by atoms with E-state index in [0.29, 0.717) is 6.54 Å². The molecule has 6 heteroatoms. The van der Waals surface area contributed by atoms with E-state index < -0.39 is 0 Å². The summed E-state index contributed by atoms with van der Waals surface area (Å²) in [6, 6.07) is 1.83. The number of nitriles is 1. The molecule has 0 radical (unpaired) electrons. The molecule has 3 rings (SSSR count). The quantitative estimate of drug-likeness (QED) is 0.850. The molecule has 0 fully saturated rings. The van der Waals surface area contributed by atoms with Gasteiger partial charge in [-0.05, 0) is 18.3 Å². The van der Waals surface area contributed by atoms with Crippen molar-refractivity contribution in [2.45, 2.75) is 52.5 Å². The van der Waals surface area contributed by atoms with Crippen LogP contribution in [-0.2, 0) is 18.4 Å². The summed E-state index contributed by atoms with van der Waals surface area (Å²) in [5.41, 5.74) is 1.07. The van der Waals surface area contributed by atoms with Crippen LogP contribution in [0, 0.1) is 16.7 Å². The van der Waals surface area contributed by atoms with Gasteiger partial charge in [0.1, 0.15) is 11.1 Å². The third kappa shape index (κ3) is 2.93. The number of nitrogens with zero attached hydrogens (tertiary/aromatic N) is 4. The van der Waals surface area contributed by atoms with Crippen LogP contribution in [0.25, 0.3) is 0 Å². The van der Waals surface area contributed by atoms with Gasteiger partial charge in [0, 0.05) is 22.7 Å². The lowest BCUT2D eigenvalue weighted by molar-refractivity contribution is 0.232. The Bertz CT molecular complexity index is 854. The Balaban J connectivity index is 1.98. The van der Waals surface area contributed by atoms with E-state index in [1.165, 1.54) is 15.6 Å². The molecule has 0 bridgehead atoms. The van der Waals surface area contributed by atoms with Gasteiger partial charge in [-0.15, -0.1) is 11.3 Å². The molecule has 1 aliphatic rings. The van der Waals surface area contributed by atoms with Crippen LogP contribution < -0.4 is 5.56 Å². The summed E-state index contributed by atoms with van der Waals surface area (Å²) < 4.78 is 1.51. The lowest BCUT2D eigenvalue weighted by Gasteiger charge is -2.39. The lowest BCUT2D eigenvalue weighted by atomic mass is 9.67. The molecular weight excluding hydrogens is 308 g/mol. The fourth-order valence-electron chi connectivity index (χ4n) is 3.70. The molecule has 0 N–H and O–H groups in total. The number of hydrogen-bond donors (Lipinski definition) is 0. The van der Waals surface area contributed by atoms with E-state index in [1.807, 2.05) is 6.07 Å². The van der Waals surface area contributed by atoms with E-state index in [9.17, 15) is 4.79 Å². The van der Waals surface area contributed by atoms with Crippen LogP contribution in [0.4, 0.5) is 0 Å². The van der Waals surface area contributed by atoms with Crippen LogP contribution in [0.15, 0.2) is 17.2 Å². The highest BCUT2D eigenvalue weighted by Gasteiger charge is 2.39. The van der Waals surface area contributed by atoms with E-state index in [1.54, 1.807) is 17.5 Å². The first-order chi connectivity index (χ1) is 10.7. The van der Waals surface area contributed by atoms with Gasteiger partial charge in [-0.3, -0.25) is 4.79 Å². The second-order valence-corrected chi connectivity index (χ2v) is 8.69. The summed E-state index contributed by atoms with van der Waals surface area (Å²) in [5.74, 6) is 0. The predicted octanol–water partition coefficient (Wildman–Crippen LogP) is 2.87. The third-order valence-electron chi connectivity index (χ3n) is 4.25. The predicted molar refractivity (Wildman–Crippen MR) is 89.6 cm³/mol. The molecule has 0 atom stereocenters. The molecule has 2 heterocycles. The molecule has 0 unspecified atom stereocenters. The zero-order valence-corrected chi connectivity index (χ0v) is 14.7. The van der Waals surface area contributed by atoms with Gasteiger partial charge in [0.25, 0.3) is 5.56 Å². The zero-order valence-electron chi connectivity index (χ0n) is 13.9. The highest BCUT2D eigenvalue weighted by Crippen LogP contribution is 2.47. The van der Waals surface area contributed by atoms with Crippen molar-refractivity contribution in [2.24, 2.45) is 5.41 Å². The number of fused-ring (bicyclic) bond motifs is 1. The van der Waals surface area contributed by atoms with Gasteiger partial charge < -0.3 is 4.57 Å². The smallest absolute Gasteiger partial charge is 0.287 e. The average molecular weight is 328 g/mol. The van der Waals surface area contributed by atoms with Crippen molar-refractivity contribution in [3.05, 3.63) is 44.0 Å². The second-order valence-electron chi connectivity index (χ2n) is 7.61. The fourth-order valence-corrected chi connectivity index (χ4v) is 4.88. The average Bonchev–Trinajstić information content (AvgIpc) is 2.82. The molecule has 1 aliphatic carbocycles. The van der Waals surface area contributed by atoms with Gasteiger partial charge in [0.2, 0.25) is 5.69 Å². The van der Waals surface area contributed by atoms with Crippen LogP contribution in [0.5, 0.6) is 0 Å². The van der Waals surface area contributed by atoms with Crippen molar-refractivity contribution in [2.75, 3.05) is 0 Å². The minimum absolute atomic E-state index is 0.0738. The molecule has 120 valence electrons. The van der Waals surface area contributed by atoms with Crippen LogP contribution in [0.3, 0.4) is 0 Å². The maximum atomic E-state index is 12.1. The number of thiazole rings is 1. The Hall–Kier alpha value is -2.00. The Morgan fingerprint density at radius 1 is 1.39 bits per heavy atom. The van der Waals surface area contributed by atoms with E-state index in [0.717, 1.165) is 23.5 Å². The van der Waals surface area contributed by atoms with E-state index >= 15 is 0 Å². The normalized spacial score (nSPS) is 18.2. The van der Waals surface area contributed by atoms with E-state index in [2.05, 4.69) is 32.7 Å². The van der Waals surface area contributed by atoms with E-state index in [4.69, 9.17) is 10.2 Å². The van der Waals surface area contributed by atoms with Crippen molar-refractivity contribution in [1.82, 2.24) is 14.5 Å². The number of hydrogen-bond acceptors (Lipinski definition) is 5. The van der Waals surface area contributed by atoms with Crippen LogP contribution >= 0.6 is 11.3 Å². The maximum Gasteiger partial charge on any atom is 0.287 e. The molecule has 0 spiro atoms. The van der Waals surface area contributed by atoms with Gasteiger partial charge in [-0.1, -0.05) is 27.7 Å². The minimum Gasteiger partial charge on any atom is -0.305 e. The van der Waals surface area contributed by atoms with Crippen molar-refractivity contribution < 1.29 is 0 Å². The number of rotatable bonds is 2. The first-order valence-electron chi connectivity index (χ1n) is 7.66. The summed E-state index contributed by atoms with van der Waals surface area (Å²) in [7, 11) is 0. The summed E-state index contributed by atoms with van der Waals surface area (Å²) >= 11 is 1.69. The Labute approximate surface area is 139 Å². The van der Waals surface area contributed by atoms with Crippen LogP contribution in [-0.4, -0.2) is 14.5 Å². The van der Waals surface area contributed by atoms with Crippen molar-refractivity contribution >= 4 is 11.3 Å². The Morgan fingerprint density at radius 3 is 2.83 bits per heavy atom. The molecule has 0 aromatic carbocycles. The van der Waals surface area contributed by atoms with Crippen LogP contribution in [0.1, 0.15) is 55.4 Å². The molecule has 0 saturated carbocycles. The summed E-state index contributed by atoms with van der Waals surface area (Å²) in [6.45, 7) is 9.49. The van der Waals surface area contributed by atoms with Crippen LogP contribution in [0.2, 0.25) is 0 Å². The summed E-state index contributed by atoms with van der Waals surface area (Å²) in [4.78, 5) is 22.0. The van der Waals surface area contributed by atoms with Crippen molar-refractivity contribution in [3.8, 4) is 6.07 Å². The molecule has 0 amide bonds. The standard InChI is InChI=1S/C17H20N4OS/c1-16(2)7-11-14(17(3,4)10-16)23-13(20-11)9-21-6-5-19-12(8-18)15(21)22/h5-6H,7,9-10H2,1-4H3. The molecule has 0 aliphatic heterocycles. The molecule has 23 heavy (non-hydrogen) atoms. The first-order valence-corrected chi connectivity index (χ1v) is 8.48. The van der Waals surface area contributed by atoms with Gasteiger partial charge in [-0.2, -0.15) is 5.26 Å². The van der Waals surface area contributed by atoms with E-state index in [-0.39, 0.29) is 22.1 Å². The fraction of sp³-hybridized carbons (Fsp3) is 0.529. The Kier molecular flexibility index (Phi) is 3.64. The van der Waals surface area contributed by atoms with Gasteiger partial charge in [-0.25, -0.2) is 9.97 Å². The minimum atomic E-state index is -0.359. The monoisotopic (exact) mass is 328 g/mol. The highest BCUT2D eigenvalue weighted by atomic mass is 32.1. The van der Waals surface area contributed by atoms with Crippen molar-refractivity contribution in [3.63, 3.8) is 0 Å². The largest absolute Gasteiger partial charge is 0.305 e. The zero-order chi connectivity index (χ0) is 16.8. The molecular formula is C17H20N4OS. The van der Waals surface area contributed by atoms with Gasteiger partial charge >= 0.3 is 0 Å². The molecule has 5 nitrogen and oxygen atoms in total. The Morgan fingerprint density at radius 2 is 2.13 bits per heavy atom.